The lowest BCUT2D eigenvalue weighted by Crippen LogP contribution is -1.97. The Hall–Kier alpha value is -0.820. The lowest BCUT2D eigenvalue weighted by Gasteiger charge is -1.99. The third kappa shape index (κ3) is 1.57. The Balaban J connectivity index is 2.67. The van der Waals surface area contributed by atoms with Gasteiger partial charge in [0.1, 0.15) is 17.1 Å². The quantitative estimate of drug-likeness (QED) is 0.829. The summed E-state index contributed by atoms with van der Waals surface area (Å²) in [6.07, 6.45) is 0. The second kappa shape index (κ2) is 3.74. The number of fused-ring (bicyclic) bond motifs is 1. The van der Waals surface area contributed by atoms with Crippen LogP contribution < -0.4 is 10.5 Å². The second-order valence-corrected chi connectivity index (χ2v) is 4.06. The van der Waals surface area contributed by atoms with Crippen LogP contribution in [0.1, 0.15) is 5.82 Å². The van der Waals surface area contributed by atoms with Gasteiger partial charge in [0.05, 0.1) is 19.2 Å². The number of ether oxygens (including phenoxy) is 1. The molecule has 2 aromatic rings. The van der Waals surface area contributed by atoms with E-state index in [0.29, 0.717) is 6.54 Å². The molecule has 0 bridgehead atoms. The highest BCUT2D eigenvalue weighted by Gasteiger charge is 2.07. The molecule has 0 atom stereocenters. The smallest absolute Gasteiger partial charge is 0.122 e. The normalized spacial score (nSPS) is 10.8. The highest BCUT2D eigenvalue weighted by Crippen LogP contribution is 2.24. The van der Waals surface area contributed by atoms with Crippen molar-refractivity contribution in [2.45, 2.75) is 6.54 Å². The SMILES string of the molecule is COc1cc(I)c2nc(CN)[nH]c2c1. The van der Waals surface area contributed by atoms with Crippen molar-refractivity contribution in [1.29, 1.82) is 0 Å². The Bertz CT molecular complexity index is 466. The first-order valence-electron chi connectivity index (χ1n) is 4.17. The van der Waals surface area contributed by atoms with Gasteiger partial charge in [-0.1, -0.05) is 0 Å². The van der Waals surface area contributed by atoms with Gasteiger partial charge in [0, 0.05) is 9.64 Å². The van der Waals surface area contributed by atoms with E-state index in [1.165, 1.54) is 0 Å². The summed E-state index contributed by atoms with van der Waals surface area (Å²) >= 11 is 2.23. The molecule has 0 radical (unpaired) electrons. The van der Waals surface area contributed by atoms with Crippen LogP contribution in [0.3, 0.4) is 0 Å². The average Bonchev–Trinajstić information content (AvgIpc) is 2.61. The van der Waals surface area contributed by atoms with Crippen molar-refractivity contribution in [3.8, 4) is 5.75 Å². The zero-order valence-corrected chi connectivity index (χ0v) is 9.83. The molecule has 14 heavy (non-hydrogen) atoms. The number of methoxy groups -OCH3 is 1. The van der Waals surface area contributed by atoms with E-state index in [1.807, 2.05) is 12.1 Å². The molecule has 2 rings (SSSR count). The Morgan fingerprint density at radius 2 is 2.36 bits per heavy atom. The van der Waals surface area contributed by atoms with Crippen molar-refractivity contribution in [1.82, 2.24) is 9.97 Å². The number of nitrogens with two attached hydrogens (primary N) is 1. The molecule has 0 unspecified atom stereocenters. The molecule has 1 heterocycles. The number of aromatic amines is 1. The van der Waals surface area contributed by atoms with E-state index in [0.717, 1.165) is 26.2 Å². The molecule has 0 saturated heterocycles. The fourth-order valence-corrected chi connectivity index (χ4v) is 2.03. The van der Waals surface area contributed by atoms with E-state index < -0.39 is 0 Å². The minimum atomic E-state index is 0.424. The van der Waals surface area contributed by atoms with E-state index in [1.54, 1.807) is 7.11 Å². The van der Waals surface area contributed by atoms with Gasteiger partial charge in [0.25, 0.3) is 0 Å². The molecule has 0 fully saturated rings. The molecule has 0 aliphatic rings. The molecular weight excluding hydrogens is 293 g/mol. The highest BCUT2D eigenvalue weighted by molar-refractivity contribution is 14.1. The summed E-state index contributed by atoms with van der Waals surface area (Å²) in [4.78, 5) is 7.50. The predicted octanol–water partition coefficient (Wildman–Crippen LogP) is 1.63. The third-order valence-corrected chi connectivity index (χ3v) is 2.81. The van der Waals surface area contributed by atoms with Crippen LogP contribution in [0.4, 0.5) is 0 Å². The van der Waals surface area contributed by atoms with Gasteiger partial charge in [-0.3, -0.25) is 0 Å². The minimum Gasteiger partial charge on any atom is -0.497 e. The molecule has 0 amide bonds. The van der Waals surface area contributed by atoms with Crippen molar-refractivity contribution >= 4 is 33.6 Å². The number of hydrogen-bond acceptors (Lipinski definition) is 3. The van der Waals surface area contributed by atoms with Crippen LogP contribution in [0.15, 0.2) is 12.1 Å². The molecule has 74 valence electrons. The van der Waals surface area contributed by atoms with E-state index >= 15 is 0 Å². The maximum atomic E-state index is 5.51. The van der Waals surface area contributed by atoms with Crippen molar-refractivity contribution < 1.29 is 4.74 Å². The standard InChI is InChI=1S/C9H10IN3O/c1-14-5-2-6(10)9-7(3-5)12-8(4-11)13-9/h2-3H,4,11H2,1H3,(H,12,13). The van der Waals surface area contributed by atoms with E-state index in [-0.39, 0.29) is 0 Å². The van der Waals surface area contributed by atoms with E-state index in [4.69, 9.17) is 10.5 Å². The first-order valence-corrected chi connectivity index (χ1v) is 5.24. The molecule has 0 spiro atoms. The highest BCUT2D eigenvalue weighted by atomic mass is 127. The summed E-state index contributed by atoms with van der Waals surface area (Å²) < 4.78 is 6.23. The van der Waals surface area contributed by atoms with Crippen LogP contribution in [-0.4, -0.2) is 17.1 Å². The van der Waals surface area contributed by atoms with E-state index in [9.17, 15) is 0 Å². The van der Waals surface area contributed by atoms with Crippen LogP contribution in [-0.2, 0) is 6.54 Å². The largest absolute Gasteiger partial charge is 0.497 e. The number of aromatic nitrogens is 2. The number of benzene rings is 1. The maximum Gasteiger partial charge on any atom is 0.122 e. The molecule has 4 nitrogen and oxygen atoms in total. The van der Waals surface area contributed by atoms with Crippen LogP contribution in [0.25, 0.3) is 11.0 Å². The summed E-state index contributed by atoms with van der Waals surface area (Å²) in [7, 11) is 1.65. The fraction of sp³-hybridized carbons (Fsp3) is 0.222. The molecule has 1 aromatic carbocycles. The first kappa shape index (κ1) is 9.72. The molecule has 5 heteroatoms. The maximum absolute atomic E-state index is 5.51. The molecule has 0 aliphatic heterocycles. The number of imidazole rings is 1. The van der Waals surface area contributed by atoms with Gasteiger partial charge < -0.3 is 15.5 Å². The number of hydrogen-bond donors (Lipinski definition) is 2. The Labute approximate surface area is 95.0 Å². The second-order valence-electron chi connectivity index (χ2n) is 2.89. The topological polar surface area (TPSA) is 63.9 Å². The van der Waals surface area contributed by atoms with Gasteiger partial charge in [-0.15, -0.1) is 0 Å². The number of rotatable bonds is 2. The summed E-state index contributed by atoms with van der Waals surface area (Å²) in [6.45, 7) is 0.424. The van der Waals surface area contributed by atoms with Gasteiger partial charge in [0.2, 0.25) is 0 Å². The van der Waals surface area contributed by atoms with Crippen LogP contribution in [0, 0.1) is 3.57 Å². The zero-order valence-electron chi connectivity index (χ0n) is 7.67. The fourth-order valence-electron chi connectivity index (χ4n) is 1.32. The summed E-state index contributed by atoms with van der Waals surface area (Å²) in [5.41, 5.74) is 7.42. The Kier molecular flexibility index (Phi) is 2.60. The number of nitrogens with one attached hydrogen (secondary N) is 1. The Morgan fingerprint density at radius 3 is 3.00 bits per heavy atom. The summed E-state index contributed by atoms with van der Waals surface area (Å²) in [6, 6.07) is 3.87. The molecule has 0 saturated carbocycles. The molecule has 1 aromatic heterocycles. The van der Waals surface area contributed by atoms with Crippen molar-refractivity contribution in [2.75, 3.05) is 7.11 Å². The molecule has 0 aliphatic carbocycles. The number of nitrogens with zero attached hydrogens (tertiary/aromatic N) is 1. The van der Waals surface area contributed by atoms with Crippen molar-refractivity contribution in [3.05, 3.63) is 21.5 Å². The lowest BCUT2D eigenvalue weighted by molar-refractivity contribution is 0.415. The summed E-state index contributed by atoms with van der Waals surface area (Å²) in [5.74, 6) is 1.63. The van der Waals surface area contributed by atoms with Crippen molar-refractivity contribution in [3.63, 3.8) is 0 Å². The average molecular weight is 303 g/mol. The van der Waals surface area contributed by atoms with Crippen LogP contribution in [0.2, 0.25) is 0 Å². The van der Waals surface area contributed by atoms with E-state index in [2.05, 4.69) is 32.6 Å². The lowest BCUT2D eigenvalue weighted by atomic mass is 10.3. The summed E-state index contributed by atoms with van der Waals surface area (Å²) in [5, 5.41) is 0. The van der Waals surface area contributed by atoms with Gasteiger partial charge >= 0.3 is 0 Å². The molecule has 3 N–H and O–H groups in total. The van der Waals surface area contributed by atoms with Crippen molar-refractivity contribution in [2.24, 2.45) is 5.73 Å². The monoisotopic (exact) mass is 303 g/mol. The van der Waals surface area contributed by atoms with Gasteiger partial charge in [-0.25, -0.2) is 4.98 Å². The molecular formula is C9H10IN3O. The van der Waals surface area contributed by atoms with Gasteiger partial charge in [0.15, 0.2) is 0 Å². The van der Waals surface area contributed by atoms with Gasteiger partial charge in [-0.2, -0.15) is 0 Å². The minimum absolute atomic E-state index is 0.424. The third-order valence-electron chi connectivity index (χ3n) is 1.99. The number of H-pyrrole nitrogens is 1. The predicted molar refractivity (Wildman–Crippen MR) is 63.3 cm³/mol. The first-order chi connectivity index (χ1) is 6.74. The number of halogens is 1. The van der Waals surface area contributed by atoms with Gasteiger partial charge in [-0.05, 0) is 28.7 Å². The zero-order chi connectivity index (χ0) is 10.1. The van der Waals surface area contributed by atoms with Crippen LogP contribution in [0.5, 0.6) is 5.75 Å². The van der Waals surface area contributed by atoms with Crippen LogP contribution >= 0.6 is 22.6 Å². The Morgan fingerprint density at radius 1 is 1.57 bits per heavy atom.